The topological polar surface area (TPSA) is 57.6 Å². The Balaban J connectivity index is 2.47. The molecule has 0 fully saturated rings. The molecule has 0 aromatic carbocycles. The van der Waals surface area contributed by atoms with Gasteiger partial charge in [0.15, 0.2) is 0 Å². The Morgan fingerprint density at radius 1 is 1.59 bits per heavy atom. The molecule has 1 unspecified atom stereocenters. The molecule has 6 heteroatoms. The number of carbonyl (C=O) groups is 2. The average Bonchev–Trinajstić information content (AvgIpc) is 2.69. The van der Waals surface area contributed by atoms with Gasteiger partial charge in [-0.2, -0.15) is 0 Å². The second kappa shape index (κ2) is 6.16. The van der Waals surface area contributed by atoms with E-state index in [-0.39, 0.29) is 5.91 Å². The van der Waals surface area contributed by atoms with Crippen LogP contribution in [0.25, 0.3) is 0 Å². The first kappa shape index (κ1) is 14.2. The van der Waals surface area contributed by atoms with E-state index >= 15 is 0 Å². The van der Waals surface area contributed by atoms with E-state index < -0.39 is 12.0 Å². The summed E-state index contributed by atoms with van der Waals surface area (Å²) < 4.78 is 1.01. The lowest BCUT2D eigenvalue weighted by Crippen LogP contribution is -2.40. The standard InChI is InChI=1S/C11H14BrNO3S/c1-7(11(15)16)13(2)10(14)4-3-9-5-8(12)6-17-9/h5-7H,3-4H2,1-2H3,(H,15,16). The van der Waals surface area contributed by atoms with Crippen LogP contribution in [0, 0.1) is 0 Å². The third-order valence-corrected chi connectivity index (χ3v) is 4.30. The molecule has 0 spiro atoms. The maximum atomic E-state index is 11.7. The summed E-state index contributed by atoms with van der Waals surface area (Å²) in [5.41, 5.74) is 0. The number of hydrogen-bond donors (Lipinski definition) is 1. The SMILES string of the molecule is CC(C(=O)O)N(C)C(=O)CCc1cc(Br)cs1. The number of carbonyl (C=O) groups excluding carboxylic acids is 1. The summed E-state index contributed by atoms with van der Waals surface area (Å²) in [5, 5.41) is 10.8. The Morgan fingerprint density at radius 3 is 2.71 bits per heavy atom. The van der Waals surface area contributed by atoms with Gasteiger partial charge in [0.05, 0.1) is 0 Å². The zero-order valence-corrected chi connectivity index (χ0v) is 12.0. The van der Waals surface area contributed by atoms with Crippen LogP contribution in [-0.4, -0.2) is 35.0 Å². The lowest BCUT2D eigenvalue weighted by molar-refractivity contribution is -0.148. The quantitative estimate of drug-likeness (QED) is 0.906. The van der Waals surface area contributed by atoms with Crippen LogP contribution >= 0.6 is 27.3 Å². The molecule has 17 heavy (non-hydrogen) atoms. The number of hydrogen-bond acceptors (Lipinski definition) is 3. The van der Waals surface area contributed by atoms with E-state index in [1.807, 2.05) is 11.4 Å². The molecule has 0 aliphatic heterocycles. The summed E-state index contributed by atoms with van der Waals surface area (Å²) in [7, 11) is 1.52. The molecule has 0 saturated carbocycles. The molecule has 4 nitrogen and oxygen atoms in total. The molecule has 1 heterocycles. The molecule has 94 valence electrons. The van der Waals surface area contributed by atoms with Crippen LogP contribution in [0.2, 0.25) is 0 Å². The van der Waals surface area contributed by atoms with Crippen LogP contribution in [-0.2, 0) is 16.0 Å². The van der Waals surface area contributed by atoms with Gasteiger partial charge >= 0.3 is 5.97 Å². The van der Waals surface area contributed by atoms with E-state index in [0.29, 0.717) is 12.8 Å². The molecule has 0 aliphatic rings. The van der Waals surface area contributed by atoms with Crippen LogP contribution in [0.4, 0.5) is 0 Å². The van der Waals surface area contributed by atoms with Crippen molar-refractivity contribution in [2.75, 3.05) is 7.05 Å². The van der Waals surface area contributed by atoms with Crippen molar-refractivity contribution in [2.24, 2.45) is 0 Å². The molecule has 0 saturated heterocycles. The van der Waals surface area contributed by atoms with Gasteiger partial charge in [-0.3, -0.25) is 4.79 Å². The van der Waals surface area contributed by atoms with Gasteiger partial charge in [0, 0.05) is 28.2 Å². The Bertz CT molecular complexity index is 419. The molecule has 0 aliphatic carbocycles. The Hall–Kier alpha value is -0.880. The van der Waals surface area contributed by atoms with Crippen LogP contribution in [0.15, 0.2) is 15.9 Å². The van der Waals surface area contributed by atoms with Crippen molar-refractivity contribution in [3.63, 3.8) is 0 Å². The van der Waals surface area contributed by atoms with Gasteiger partial charge in [-0.25, -0.2) is 4.79 Å². The highest BCUT2D eigenvalue weighted by atomic mass is 79.9. The normalized spacial score (nSPS) is 12.2. The largest absolute Gasteiger partial charge is 0.480 e. The summed E-state index contributed by atoms with van der Waals surface area (Å²) in [6.07, 6.45) is 0.979. The fourth-order valence-corrected chi connectivity index (χ4v) is 2.73. The summed E-state index contributed by atoms with van der Waals surface area (Å²) in [6, 6.07) is 1.19. The zero-order valence-electron chi connectivity index (χ0n) is 9.64. The number of thiophene rings is 1. The molecular weight excluding hydrogens is 306 g/mol. The summed E-state index contributed by atoms with van der Waals surface area (Å²) in [4.78, 5) is 24.8. The highest BCUT2D eigenvalue weighted by Gasteiger charge is 2.21. The number of rotatable bonds is 5. The Labute approximate surface area is 112 Å². The third-order valence-electron chi connectivity index (χ3n) is 2.54. The summed E-state index contributed by atoms with van der Waals surface area (Å²) >= 11 is 4.93. The number of likely N-dealkylation sites (N-methyl/N-ethyl adjacent to an activating group) is 1. The molecule has 0 radical (unpaired) electrons. The Kier molecular flexibility index (Phi) is 5.14. The van der Waals surface area contributed by atoms with Crippen molar-refractivity contribution in [2.45, 2.75) is 25.8 Å². The van der Waals surface area contributed by atoms with Crippen LogP contribution in [0.1, 0.15) is 18.2 Å². The van der Waals surface area contributed by atoms with Gasteiger partial charge in [0.1, 0.15) is 6.04 Å². The van der Waals surface area contributed by atoms with Gasteiger partial charge in [-0.1, -0.05) is 0 Å². The Morgan fingerprint density at radius 2 is 2.24 bits per heavy atom. The number of carboxylic acids is 1. The van der Waals surface area contributed by atoms with E-state index in [1.54, 1.807) is 11.3 Å². The van der Waals surface area contributed by atoms with Gasteiger partial charge in [0.2, 0.25) is 5.91 Å². The summed E-state index contributed by atoms with van der Waals surface area (Å²) in [6.45, 7) is 1.50. The van der Waals surface area contributed by atoms with Crippen molar-refractivity contribution in [3.8, 4) is 0 Å². The predicted molar refractivity (Wildman–Crippen MR) is 70.2 cm³/mol. The second-order valence-corrected chi connectivity index (χ2v) is 5.66. The third kappa shape index (κ3) is 4.12. The number of aliphatic carboxylic acids is 1. The van der Waals surface area contributed by atoms with Crippen molar-refractivity contribution in [1.82, 2.24) is 4.90 Å². The van der Waals surface area contributed by atoms with Gasteiger partial charge in [0.25, 0.3) is 0 Å². The van der Waals surface area contributed by atoms with Crippen LogP contribution in [0.3, 0.4) is 0 Å². The van der Waals surface area contributed by atoms with E-state index in [4.69, 9.17) is 5.11 Å². The zero-order chi connectivity index (χ0) is 13.0. The highest BCUT2D eigenvalue weighted by molar-refractivity contribution is 9.10. The van der Waals surface area contributed by atoms with Crippen molar-refractivity contribution in [1.29, 1.82) is 0 Å². The van der Waals surface area contributed by atoms with Crippen molar-refractivity contribution >= 4 is 39.1 Å². The molecular formula is C11H14BrNO3S. The van der Waals surface area contributed by atoms with E-state index in [2.05, 4.69) is 15.9 Å². The van der Waals surface area contributed by atoms with Gasteiger partial charge in [-0.15, -0.1) is 11.3 Å². The average molecular weight is 320 g/mol. The van der Waals surface area contributed by atoms with E-state index in [9.17, 15) is 9.59 Å². The number of aryl methyl sites for hydroxylation is 1. The monoisotopic (exact) mass is 319 g/mol. The highest BCUT2D eigenvalue weighted by Crippen LogP contribution is 2.21. The molecule has 1 N–H and O–H groups in total. The maximum Gasteiger partial charge on any atom is 0.326 e. The number of halogens is 1. The van der Waals surface area contributed by atoms with Gasteiger partial charge in [-0.05, 0) is 35.3 Å². The minimum absolute atomic E-state index is 0.149. The minimum atomic E-state index is -0.986. The molecule has 0 bridgehead atoms. The number of nitrogens with zero attached hydrogens (tertiary/aromatic N) is 1. The molecule has 1 aromatic heterocycles. The van der Waals surface area contributed by atoms with Gasteiger partial charge < -0.3 is 10.0 Å². The smallest absolute Gasteiger partial charge is 0.326 e. The number of amides is 1. The molecule has 1 atom stereocenters. The van der Waals surface area contributed by atoms with Crippen LogP contribution in [0.5, 0.6) is 0 Å². The van der Waals surface area contributed by atoms with E-state index in [1.165, 1.54) is 18.9 Å². The molecule has 1 aromatic rings. The van der Waals surface area contributed by atoms with Crippen LogP contribution < -0.4 is 0 Å². The van der Waals surface area contributed by atoms with Crippen molar-refractivity contribution in [3.05, 3.63) is 20.8 Å². The number of carboxylic acid groups (broad SMARTS) is 1. The minimum Gasteiger partial charge on any atom is -0.480 e. The molecule has 1 amide bonds. The maximum absolute atomic E-state index is 11.7. The first-order chi connectivity index (χ1) is 7.91. The fourth-order valence-electron chi connectivity index (χ4n) is 1.27. The fraction of sp³-hybridized carbons (Fsp3) is 0.455. The first-order valence-electron chi connectivity index (χ1n) is 5.13. The lowest BCUT2D eigenvalue weighted by Gasteiger charge is -2.21. The predicted octanol–water partition coefficient (Wildman–Crippen LogP) is 2.37. The van der Waals surface area contributed by atoms with Crippen molar-refractivity contribution < 1.29 is 14.7 Å². The summed E-state index contributed by atoms with van der Waals surface area (Å²) in [5.74, 6) is -1.14. The molecule has 1 rings (SSSR count). The first-order valence-corrected chi connectivity index (χ1v) is 6.80. The van der Waals surface area contributed by atoms with E-state index in [0.717, 1.165) is 9.35 Å². The second-order valence-electron chi connectivity index (χ2n) is 3.75. The lowest BCUT2D eigenvalue weighted by atomic mass is 10.2.